The fourth-order valence-corrected chi connectivity index (χ4v) is 2.97. The number of imidazole rings is 1. The number of fused-ring (bicyclic) bond motifs is 2. The van der Waals surface area contributed by atoms with Gasteiger partial charge in [0.2, 0.25) is 0 Å². The normalized spacial score (nSPS) is 13.5. The second kappa shape index (κ2) is 5.17. The molecule has 124 valence electrons. The molecule has 1 aromatic heterocycles. The number of H-pyrrole nitrogens is 1. The van der Waals surface area contributed by atoms with E-state index < -0.39 is 30.0 Å². The van der Waals surface area contributed by atoms with Crippen LogP contribution in [0.15, 0.2) is 47.3 Å². The summed E-state index contributed by atoms with van der Waals surface area (Å²) in [6, 6.07) is 11.0. The minimum absolute atomic E-state index is 0.249. The van der Waals surface area contributed by atoms with E-state index in [2.05, 4.69) is 4.98 Å². The summed E-state index contributed by atoms with van der Waals surface area (Å²) < 4.78 is 0.901. The predicted octanol–water partition coefficient (Wildman–Crippen LogP) is 0.848. The van der Waals surface area contributed by atoms with Gasteiger partial charge in [0.15, 0.2) is 0 Å². The molecule has 25 heavy (non-hydrogen) atoms. The summed E-state index contributed by atoms with van der Waals surface area (Å²) in [5.41, 5.74) is 6.69. The molecule has 2 heterocycles. The van der Waals surface area contributed by atoms with Crippen LogP contribution >= 0.6 is 0 Å². The molecule has 8 heteroatoms. The summed E-state index contributed by atoms with van der Waals surface area (Å²) in [4.78, 5) is 52.8. The number of nitrogens with one attached hydrogen (secondary N) is 1. The highest BCUT2D eigenvalue weighted by atomic mass is 16.2. The first-order chi connectivity index (χ1) is 12.0. The Morgan fingerprint density at radius 1 is 1.00 bits per heavy atom. The molecular weight excluding hydrogens is 324 g/mol. The molecule has 0 spiro atoms. The van der Waals surface area contributed by atoms with Gasteiger partial charge in [0, 0.05) is 5.69 Å². The Balaban J connectivity index is 1.70. The van der Waals surface area contributed by atoms with Crippen molar-refractivity contribution < 1.29 is 14.4 Å². The fourth-order valence-electron chi connectivity index (χ4n) is 2.97. The van der Waals surface area contributed by atoms with E-state index in [1.165, 1.54) is 24.3 Å². The minimum Gasteiger partial charge on any atom is -0.399 e. The Hall–Kier alpha value is -3.68. The van der Waals surface area contributed by atoms with Gasteiger partial charge < -0.3 is 10.7 Å². The molecule has 1 aliphatic rings. The second-order valence-corrected chi connectivity index (χ2v) is 5.68. The van der Waals surface area contributed by atoms with Crippen LogP contribution in [0.4, 0.5) is 5.69 Å². The summed E-state index contributed by atoms with van der Waals surface area (Å²) >= 11 is 0. The zero-order valence-electron chi connectivity index (χ0n) is 12.9. The standard InChI is InChI=1S/C17H12N4O4/c18-9-5-6-13-12(7-9)19-17(25)21(13)14(22)8-20-15(23)10-3-1-2-4-11(10)16(20)24/h1-7H,8,18H2,(H,19,25). The number of aromatic nitrogens is 2. The number of nitrogen functional groups attached to an aromatic ring is 1. The lowest BCUT2D eigenvalue weighted by atomic mass is 10.1. The third kappa shape index (κ3) is 2.15. The lowest BCUT2D eigenvalue weighted by Gasteiger charge is -2.12. The predicted molar refractivity (Wildman–Crippen MR) is 89.4 cm³/mol. The Labute approximate surface area is 140 Å². The fraction of sp³-hybridized carbons (Fsp3) is 0.0588. The van der Waals surface area contributed by atoms with Gasteiger partial charge in [-0.1, -0.05) is 12.1 Å². The first kappa shape index (κ1) is 14.9. The van der Waals surface area contributed by atoms with Crippen molar-refractivity contribution in [3.05, 3.63) is 64.1 Å². The van der Waals surface area contributed by atoms with E-state index in [0.717, 1.165) is 9.47 Å². The third-order valence-electron chi connectivity index (χ3n) is 4.13. The van der Waals surface area contributed by atoms with E-state index in [1.54, 1.807) is 18.2 Å². The van der Waals surface area contributed by atoms with Crippen molar-refractivity contribution in [3.8, 4) is 0 Å². The van der Waals surface area contributed by atoms with Crippen LogP contribution in [-0.2, 0) is 0 Å². The summed E-state index contributed by atoms with van der Waals surface area (Å²) in [6.45, 7) is -0.524. The number of nitrogens with two attached hydrogens (primary N) is 1. The lowest BCUT2D eigenvalue weighted by Crippen LogP contribution is -2.39. The van der Waals surface area contributed by atoms with Crippen molar-refractivity contribution in [3.63, 3.8) is 0 Å². The Bertz CT molecular complexity index is 1090. The maximum absolute atomic E-state index is 12.6. The number of hydrogen-bond acceptors (Lipinski definition) is 5. The highest BCUT2D eigenvalue weighted by Crippen LogP contribution is 2.22. The molecule has 3 aromatic rings. The van der Waals surface area contributed by atoms with Gasteiger partial charge in [-0.2, -0.15) is 0 Å². The molecule has 0 radical (unpaired) electrons. The molecular formula is C17H12N4O4. The Kier molecular flexibility index (Phi) is 3.08. The van der Waals surface area contributed by atoms with Crippen LogP contribution in [0, 0.1) is 0 Å². The SMILES string of the molecule is Nc1ccc2c(c1)[nH]c(=O)n2C(=O)CN1C(=O)c2ccccc2C1=O. The van der Waals surface area contributed by atoms with Gasteiger partial charge in [-0.15, -0.1) is 0 Å². The molecule has 0 aliphatic carbocycles. The number of amides is 2. The van der Waals surface area contributed by atoms with Gasteiger partial charge in [0.1, 0.15) is 6.54 Å². The molecule has 0 fully saturated rings. The van der Waals surface area contributed by atoms with Crippen LogP contribution in [0.1, 0.15) is 25.5 Å². The Morgan fingerprint density at radius 2 is 1.64 bits per heavy atom. The number of imide groups is 1. The molecule has 1 aliphatic heterocycles. The van der Waals surface area contributed by atoms with Crippen LogP contribution in [0.3, 0.4) is 0 Å². The third-order valence-corrected chi connectivity index (χ3v) is 4.13. The maximum Gasteiger partial charge on any atom is 0.333 e. The first-order valence-electron chi connectivity index (χ1n) is 7.46. The van der Waals surface area contributed by atoms with Crippen LogP contribution in [0.25, 0.3) is 11.0 Å². The van der Waals surface area contributed by atoms with Crippen LogP contribution < -0.4 is 11.4 Å². The van der Waals surface area contributed by atoms with E-state index >= 15 is 0 Å². The molecule has 0 saturated heterocycles. The number of benzene rings is 2. The topological polar surface area (TPSA) is 118 Å². The van der Waals surface area contributed by atoms with Crippen molar-refractivity contribution in [2.24, 2.45) is 0 Å². The van der Waals surface area contributed by atoms with Crippen molar-refractivity contribution in [2.75, 3.05) is 12.3 Å². The second-order valence-electron chi connectivity index (χ2n) is 5.68. The van der Waals surface area contributed by atoms with Crippen molar-refractivity contribution in [2.45, 2.75) is 0 Å². The van der Waals surface area contributed by atoms with Crippen molar-refractivity contribution in [1.29, 1.82) is 0 Å². The summed E-state index contributed by atoms with van der Waals surface area (Å²) in [6.07, 6.45) is 0. The van der Waals surface area contributed by atoms with Crippen LogP contribution in [-0.4, -0.2) is 38.7 Å². The zero-order valence-corrected chi connectivity index (χ0v) is 12.9. The molecule has 2 aromatic carbocycles. The largest absolute Gasteiger partial charge is 0.399 e. The van der Waals surface area contributed by atoms with E-state index in [-0.39, 0.29) is 11.1 Å². The number of carbonyl (C=O) groups is 3. The number of carbonyl (C=O) groups excluding carboxylic acids is 3. The molecule has 4 rings (SSSR count). The van der Waals surface area contributed by atoms with Gasteiger partial charge in [0.25, 0.3) is 17.7 Å². The highest BCUT2D eigenvalue weighted by molar-refractivity contribution is 6.22. The average Bonchev–Trinajstić information content (AvgIpc) is 3.03. The van der Waals surface area contributed by atoms with E-state index in [0.29, 0.717) is 16.7 Å². The van der Waals surface area contributed by atoms with Crippen LogP contribution in [0.2, 0.25) is 0 Å². The lowest BCUT2D eigenvalue weighted by molar-refractivity contribution is 0.0605. The summed E-state index contributed by atoms with van der Waals surface area (Å²) in [7, 11) is 0. The molecule has 0 atom stereocenters. The smallest absolute Gasteiger partial charge is 0.333 e. The molecule has 0 unspecified atom stereocenters. The minimum atomic E-state index is -0.685. The first-order valence-corrected chi connectivity index (χ1v) is 7.46. The van der Waals surface area contributed by atoms with Gasteiger partial charge in [-0.3, -0.25) is 19.3 Å². The maximum atomic E-state index is 12.6. The quantitative estimate of drug-likeness (QED) is 0.531. The van der Waals surface area contributed by atoms with Gasteiger partial charge in [-0.25, -0.2) is 9.36 Å². The number of aromatic amines is 1. The highest BCUT2D eigenvalue weighted by Gasteiger charge is 2.36. The zero-order chi connectivity index (χ0) is 17.7. The Morgan fingerprint density at radius 3 is 2.28 bits per heavy atom. The molecule has 8 nitrogen and oxygen atoms in total. The van der Waals surface area contributed by atoms with Gasteiger partial charge >= 0.3 is 5.69 Å². The number of hydrogen-bond donors (Lipinski definition) is 2. The number of nitrogens with zero attached hydrogens (tertiary/aromatic N) is 2. The molecule has 2 amide bonds. The summed E-state index contributed by atoms with van der Waals surface area (Å²) in [5.74, 6) is -1.78. The molecule has 0 bridgehead atoms. The van der Waals surface area contributed by atoms with Gasteiger partial charge in [0.05, 0.1) is 22.2 Å². The van der Waals surface area contributed by atoms with Gasteiger partial charge in [-0.05, 0) is 30.3 Å². The van der Waals surface area contributed by atoms with Crippen molar-refractivity contribution in [1.82, 2.24) is 14.5 Å². The number of rotatable bonds is 2. The van der Waals surface area contributed by atoms with E-state index in [9.17, 15) is 19.2 Å². The average molecular weight is 336 g/mol. The summed E-state index contributed by atoms with van der Waals surface area (Å²) in [5, 5.41) is 0. The van der Waals surface area contributed by atoms with Crippen LogP contribution in [0.5, 0.6) is 0 Å². The molecule has 0 saturated carbocycles. The number of anilines is 1. The van der Waals surface area contributed by atoms with E-state index in [4.69, 9.17) is 5.73 Å². The molecule has 3 N–H and O–H groups in total. The van der Waals surface area contributed by atoms with Crippen molar-refractivity contribution >= 4 is 34.4 Å². The van der Waals surface area contributed by atoms with E-state index in [1.807, 2.05) is 0 Å². The monoisotopic (exact) mass is 336 g/mol.